The normalized spacial score (nSPS) is 37.0. The second-order valence-electron chi connectivity index (χ2n) is 6.02. The molecule has 1 heterocycles. The molecule has 2 rings (SSSR count). The molecule has 1 atom stereocenters. The van der Waals surface area contributed by atoms with E-state index in [0.717, 1.165) is 6.54 Å². The zero-order valence-electron chi connectivity index (χ0n) is 10.4. The van der Waals surface area contributed by atoms with Crippen molar-refractivity contribution in [3.8, 4) is 0 Å². The van der Waals surface area contributed by atoms with Gasteiger partial charge in [0.15, 0.2) is 0 Å². The number of nitrogens with two attached hydrogens (primary N) is 1. The highest BCUT2D eigenvalue weighted by Gasteiger charge is 2.51. The first-order chi connectivity index (χ1) is 7.12. The van der Waals surface area contributed by atoms with Gasteiger partial charge >= 0.3 is 0 Å². The Morgan fingerprint density at radius 3 is 2.13 bits per heavy atom. The van der Waals surface area contributed by atoms with Crippen LogP contribution >= 0.6 is 0 Å². The number of likely N-dealkylation sites (tertiary alicyclic amines) is 1. The van der Waals surface area contributed by atoms with Crippen molar-refractivity contribution < 1.29 is 0 Å². The van der Waals surface area contributed by atoms with Gasteiger partial charge in [0, 0.05) is 12.1 Å². The smallest absolute Gasteiger partial charge is 0.0382 e. The fourth-order valence-electron chi connectivity index (χ4n) is 3.81. The van der Waals surface area contributed by atoms with Crippen LogP contribution in [0.1, 0.15) is 52.4 Å². The van der Waals surface area contributed by atoms with Crippen molar-refractivity contribution in [1.29, 1.82) is 0 Å². The molecule has 2 nitrogen and oxygen atoms in total. The van der Waals surface area contributed by atoms with Crippen molar-refractivity contribution in [3.63, 3.8) is 0 Å². The third kappa shape index (κ3) is 1.72. The standard InChI is InChI=1S/C13H26N2/c1-12(2)7-6-8-13(12,11-14)15-9-4-3-5-10-15/h3-11,14H2,1-2H3. The van der Waals surface area contributed by atoms with Crippen molar-refractivity contribution >= 4 is 0 Å². The average molecular weight is 210 g/mol. The van der Waals surface area contributed by atoms with Gasteiger partial charge in [0.25, 0.3) is 0 Å². The van der Waals surface area contributed by atoms with Crippen LogP contribution < -0.4 is 5.73 Å². The molecule has 88 valence electrons. The first kappa shape index (κ1) is 11.4. The van der Waals surface area contributed by atoms with Gasteiger partial charge in [0.05, 0.1) is 0 Å². The lowest BCUT2D eigenvalue weighted by Gasteiger charge is -2.51. The van der Waals surface area contributed by atoms with Gasteiger partial charge in [-0.15, -0.1) is 0 Å². The van der Waals surface area contributed by atoms with Crippen molar-refractivity contribution in [2.45, 2.75) is 57.9 Å². The van der Waals surface area contributed by atoms with E-state index in [2.05, 4.69) is 18.7 Å². The Labute approximate surface area is 94.2 Å². The van der Waals surface area contributed by atoms with Crippen molar-refractivity contribution in [3.05, 3.63) is 0 Å². The molecule has 1 aliphatic carbocycles. The zero-order chi connectivity index (χ0) is 10.9. The summed E-state index contributed by atoms with van der Waals surface area (Å²) in [4.78, 5) is 2.71. The molecule has 0 amide bonds. The number of rotatable bonds is 2. The Morgan fingerprint density at radius 2 is 1.67 bits per heavy atom. The molecule has 15 heavy (non-hydrogen) atoms. The van der Waals surface area contributed by atoms with E-state index in [0.29, 0.717) is 11.0 Å². The van der Waals surface area contributed by atoms with Gasteiger partial charge in [-0.25, -0.2) is 0 Å². The van der Waals surface area contributed by atoms with Gasteiger partial charge in [-0.1, -0.05) is 26.7 Å². The van der Waals surface area contributed by atoms with Crippen LogP contribution in [0.15, 0.2) is 0 Å². The lowest BCUT2D eigenvalue weighted by molar-refractivity contribution is -0.000260. The molecular formula is C13H26N2. The van der Waals surface area contributed by atoms with Crippen LogP contribution in [-0.2, 0) is 0 Å². The zero-order valence-corrected chi connectivity index (χ0v) is 10.4. The molecule has 1 saturated heterocycles. The number of piperidine rings is 1. The fraction of sp³-hybridized carbons (Fsp3) is 1.00. The Morgan fingerprint density at radius 1 is 1.00 bits per heavy atom. The van der Waals surface area contributed by atoms with E-state index in [1.54, 1.807) is 0 Å². The molecule has 2 aliphatic rings. The molecule has 2 heteroatoms. The van der Waals surface area contributed by atoms with Gasteiger partial charge in [0.2, 0.25) is 0 Å². The van der Waals surface area contributed by atoms with E-state index in [1.807, 2.05) is 0 Å². The summed E-state index contributed by atoms with van der Waals surface area (Å²) in [7, 11) is 0. The average Bonchev–Trinajstić information content (AvgIpc) is 2.55. The van der Waals surface area contributed by atoms with Gasteiger partial charge in [-0.2, -0.15) is 0 Å². The van der Waals surface area contributed by atoms with Crippen LogP contribution in [0, 0.1) is 5.41 Å². The lowest BCUT2D eigenvalue weighted by Crippen LogP contribution is -2.61. The number of hydrogen-bond acceptors (Lipinski definition) is 2. The topological polar surface area (TPSA) is 29.3 Å². The van der Waals surface area contributed by atoms with Crippen LogP contribution in [0.2, 0.25) is 0 Å². The highest BCUT2D eigenvalue weighted by molar-refractivity contribution is 5.07. The Kier molecular flexibility index (Phi) is 3.09. The summed E-state index contributed by atoms with van der Waals surface area (Å²) in [6.07, 6.45) is 8.19. The highest BCUT2D eigenvalue weighted by atomic mass is 15.2. The molecule has 0 aromatic heterocycles. The summed E-state index contributed by atoms with van der Waals surface area (Å²) in [5.74, 6) is 0. The van der Waals surface area contributed by atoms with Crippen LogP contribution in [0.5, 0.6) is 0 Å². The van der Waals surface area contributed by atoms with Crippen LogP contribution in [0.25, 0.3) is 0 Å². The minimum atomic E-state index is 0.313. The fourth-order valence-corrected chi connectivity index (χ4v) is 3.81. The van der Waals surface area contributed by atoms with Gasteiger partial charge in [-0.05, 0) is 44.2 Å². The Bertz CT molecular complexity index is 219. The molecule has 2 N–H and O–H groups in total. The van der Waals surface area contributed by atoms with Gasteiger partial charge < -0.3 is 5.73 Å². The maximum atomic E-state index is 6.13. The molecular weight excluding hydrogens is 184 g/mol. The number of nitrogens with zero attached hydrogens (tertiary/aromatic N) is 1. The molecule has 0 spiro atoms. The first-order valence-electron chi connectivity index (χ1n) is 6.57. The quantitative estimate of drug-likeness (QED) is 0.758. The predicted molar refractivity (Wildman–Crippen MR) is 64.8 cm³/mol. The molecule has 0 aromatic rings. The van der Waals surface area contributed by atoms with E-state index in [1.165, 1.54) is 51.6 Å². The van der Waals surface area contributed by atoms with Crippen LogP contribution in [0.4, 0.5) is 0 Å². The summed E-state index contributed by atoms with van der Waals surface area (Å²) < 4.78 is 0. The van der Waals surface area contributed by atoms with E-state index in [9.17, 15) is 0 Å². The van der Waals surface area contributed by atoms with Crippen molar-refractivity contribution in [2.24, 2.45) is 11.1 Å². The largest absolute Gasteiger partial charge is 0.329 e. The minimum Gasteiger partial charge on any atom is -0.329 e. The molecule has 0 aromatic carbocycles. The third-order valence-corrected chi connectivity index (χ3v) is 4.95. The second kappa shape index (κ2) is 4.06. The SMILES string of the molecule is CC1(C)CCCC1(CN)N1CCCCC1. The van der Waals surface area contributed by atoms with Crippen molar-refractivity contribution in [1.82, 2.24) is 4.90 Å². The highest BCUT2D eigenvalue weighted by Crippen LogP contribution is 2.49. The summed E-state index contributed by atoms with van der Waals surface area (Å²) in [6.45, 7) is 8.24. The van der Waals surface area contributed by atoms with E-state index >= 15 is 0 Å². The Hall–Kier alpha value is -0.0800. The summed E-state index contributed by atoms with van der Waals surface area (Å²) in [5, 5.41) is 0. The maximum Gasteiger partial charge on any atom is 0.0382 e. The minimum absolute atomic E-state index is 0.313. The first-order valence-corrected chi connectivity index (χ1v) is 6.57. The summed E-state index contributed by atoms with van der Waals surface area (Å²) >= 11 is 0. The summed E-state index contributed by atoms with van der Waals surface area (Å²) in [6, 6.07) is 0. The van der Waals surface area contributed by atoms with Gasteiger partial charge in [0.1, 0.15) is 0 Å². The van der Waals surface area contributed by atoms with E-state index in [4.69, 9.17) is 5.73 Å². The second-order valence-corrected chi connectivity index (χ2v) is 6.02. The third-order valence-electron chi connectivity index (χ3n) is 4.95. The Balaban J connectivity index is 2.19. The molecule has 1 saturated carbocycles. The molecule has 0 bridgehead atoms. The lowest BCUT2D eigenvalue weighted by atomic mass is 9.73. The number of hydrogen-bond donors (Lipinski definition) is 1. The van der Waals surface area contributed by atoms with Crippen LogP contribution in [-0.4, -0.2) is 30.1 Å². The van der Waals surface area contributed by atoms with Crippen LogP contribution in [0.3, 0.4) is 0 Å². The van der Waals surface area contributed by atoms with Crippen molar-refractivity contribution in [2.75, 3.05) is 19.6 Å². The summed E-state index contributed by atoms with van der Waals surface area (Å²) in [5.41, 5.74) is 6.86. The molecule has 0 radical (unpaired) electrons. The predicted octanol–water partition coefficient (Wildman–Crippen LogP) is 2.38. The maximum absolute atomic E-state index is 6.13. The van der Waals surface area contributed by atoms with Gasteiger partial charge in [-0.3, -0.25) is 4.90 Å². The van der Waals surface area contributed by atoms with E-state index < -0.39 is 0 Å². The monoisotopic (exact) mass is 210 g/mol. The molecule has 1 aliphatic heterocycles. The molecule has 1 unspecified atom stereocenters. The molecule has 2 fully saturated rings. The van der Waals surface area contributed by atoms with E-state index in [-0.39, 0.29) is 0 Å².